The van der Waals surface area contributed by atoms with Crippen LogP contribution in [0.2, 0.25) is 0 Å². The predicted molar refractivity (Wildman–Crippen MR) is 118 cm³/mol. The third kappa shape index (κ3) is 5.54. The maximum Gasteiger partial charge on any atom is 0.234 e. The fraction of sp³-hybridized carbons (Fsp3) is 0.318. The van der Waals surface area contributed by atoms with Gasteiger partial charge in [0, 0.05) is 18.3 Å². The Hall–Kier alpha value is -3.00. The lowest BCUT2D eigenvalue weighted by molar-refractivity contribution is -0.113. The molecular weight excluding hydrogens is 400 g/mol. The number of methoxy groups -OCH3 is 1. The van der Waals surface area contributed by atoms with Gasteiger partial charge >= 0.3 is 0 Å². The number of hydrogen-bond donors (Lipinski definition) is 1. The summed E-state index contributed by atoms with van der Waals surface area (Å²) < 4.78 is 13.2. The van der Waals surface area contributed by atoms with Crippen LogP contribution in [0.4, 0.5) is 5.69 Å². The summed E-state index contributed by atoms with van der Waals surface area (Å²) in [5, 5.41) is 12.2. The summed E-state index contributed by atoms with van der Waals surface area (Å²) in [4.78, 5) is 12.3. The third-order valence-corrected chi connectivity index (χ3v) is 5.41. The Kier molecular flexibility index (Phi) is 7.35. The summed E-state index contributed by atoms with van der Waals surface area (Å²) in [6.45, 7) is 6.63. The number of nitrogens with one attached hydrogen (secondary N) is 1. The van der Waals surface area contributed by atoms with Crippen LogP contribution >= 0.6 is 11.8 Å². The minimum atomic E-state index is -0.305. The number of aromatic nitrogens is 3. The first-order valence-electron chi connectivity index (χ1n) is 9.73. The van der Waals surface area contributed by atoms with E-state index in [2.05, 4.69) is 15.5 Å². The molecule has 0 bridgehead atoms. The number of thioether (sulfide) groups is 1. The number of anilines is 1. The molecule has 1 unspecified atom stereocenters. The van der Waals surface area contributed by atoms with Crippen molar-refractivity contribution in [2.24, 2.45) is 0 Å². The summed E-state index contributed by atoms with van der Waals surface area (Å²) in [7, 11) is 1.62. The van der Waals surface area contributed by atoms with Crippen LogP contribution in [0.3, 0.4) is 0 Å². The number of nitrogens with zero attached hydrogens (tertiary/aromatic N) is 3. The van der Waals surface area contributed by atoms with E-state index in [9.17, 15) is 4.79 Å². The number of rotatable bonds is 9. The second-order valence-corrected chi connectivity index (χ2v) is 7.67. The van der Waals surface area contributed by atoms with Crippen LogP contribution in [0.25, 0.3) is 0 Å². The summed E-state index contributed by atoms with van der Waals surface area (Å²) in [6, 6.07) is 15.1. The lowest BCUT2D eigenvalue weighted by atomic mass is 10.2. The van der Waals surface area contributed by atoms with Crippen molar-refractivity contribution >= 4 is 23.4 Å². The Labute approximate surface area is 180 Å². The highest BCUT2D eigenvalue weighted by Crippen LogP contribution is 2.26. The second kappa shape index (κ2) is 10.2. The Bertz CT molecular complexity index is 988. The SMILES string of the molecule is CCn1c(SCC(=O)Nc2ccc(C)cc2)nnc1C(C)Oc1cccc(OC)c1. The van der Waals surface area contributed by atoms with E-state index in [0.717, 1.165) is 17.0 Å². The van der Waals surface area contributed by atoms with E-state index in [0.29, 0.717) is 23.3 Å². The Morgan fingerprint density at radius 2 is 1.90 bits per heavy atom. The van der Waals surface area contributed by atoms with Crippen molar-refractivity contribution in [3.8, 4) is 11.5 Å². The van der Waals surface area contributed by atoms with Crippen LogP contribution in [-0.2, 0) is 11.3 Å². The zero-order valence-electron chi connectivity index (χ0n) is 17.6. The molecule has 7 nitrogen and oxygen atoms in total. The number of benzene rings is 2. The Balaban J connectivity index is 1.62. The molecule has 30 heavy (non-hydrogen) atoms. The van der Waals surface area contributed by atoms with E-state index in [-0.39, 0.29) is 17.8 Å². The lowest BCUT2D eigenvalue weighted by Gasteiger charge is -2.16. The first-order valence-corrected chi connectivity index (χ1v) is 10.7. The molecule has 0 radical (unpaired) electrons. The zero-order valence-corrected chi connectivity index (χ0v) is 18.4. The van der Waals surface area contributed by atoms with E-state index >= 15 is 0 Å². The quantitative estimate of drug-likeness (QED) is 0.508. The van der Waals surface area contributed by atoms with Crippen molar-refractivity contribution in [3.05, 3.63) is 59.9 Å². The summed E-state index contributed by atoms with van der Waals surface area (Å²) in [6.07, 6.45) is -0.305. The molecule has 0 spiro atoms. The smallest absolute Gasteiger partial charge is 0.234 e. The van der Waals surface area contributed by atoms with Gasteiger partial charge in [-0.25, -0.2) is 0 Å². The average Bonchev–Trinajstić information content (AvgIpc) is 3.17. The molecule has 1 amide bonds. The first kappa shape index (κ1) is 21.7. The van der Waals surface area contributed by atoms with Crippen LogP contribution in [0.5, 0.6) is 11.5 Å². The zero-order chi connectivity index (χ0) is 21.5. The molecule has 1 atom stereocenters. The number of carbonyl (C=O) groups is 1. The highest BCUT2D eigenvalue weighted by molar-refractivity contribution is 7.99. The van der Waals surface area contributed by atoms with Gasteiger partial charge in [-0.3, -0.25) is 4.79 Å². The van der Waals surface area contributed by atoms with Gasteiger partial charge in [0.25, 0.3) is 0 Å². The molecule has 0 aliphatic rings. The number of ether oxygens (including phenoxy) is 2. The number of aryl methyl sites for hydroxylation is 1. The highest BCUT2D eigenvalue weighted by Gasteiger charge is 2.19. The Morgan fingerprint density at radius 1 is 1.17 bits per heavy atom. The molecule has 2 aromatic carbocycles. The van der Waals surface area contributed by atoms with E-state index in [1.807, 2.05) is 73.9 Å². The topological polar surface area (TPSA) is 78.3 Å². The third-order valence-electron chi connectivity index (χ3n) is 4.45. The molecule has 1 aromatic heterocycles. The maximum atomic E-state index is 12.3. The highest BCUT2D eigenvalue weighted by atomic mass is 32.2. The molecule has 0 saturated carbocycles. The molecule has 158 valence electrons. The van der Waals surface area contributed by atoms with Crippen LogP contribution in [0.1, 0.15) is 31.3 Å². The van der Waals surface area contributed by atoms with Crippen molar-refractivity contribution in [1.29, 1.82) is 0 Å². The molecule has 0 aliphatic carbocycles. The maximum absolute atomic E-state index is 12.3. The van der Waals surface area contributed by atoms with Crippen molar-refractivity contribution in [1.82, 2.24) is 14.8 Å². The number of carbonyl (C=O) groups excluding carboxylic acids is 1. The number of hydrogen-bond acceptors (Lipinski definition) is 6. The Morgan fingerprint density at radius 3 is 2.60 bits per heavy atom. The minimum absolute atomic E-state index is 0.0864. The normalized spacial score (nSPS) is 11.7. The van der Waals surface area contributed by atoms with Gasteiger partial charge in [-0.1, -0.05) is 35.5 Å². The molecule has 0 fully saturated rings. The fourth-order valence-electron chi connectivity index (χ4n) is 2.90. The molecule has 3 rings (SSSR count). The lowest BCUT2D eigenvalue weighted by Crippen LogP contribution is -2.15. The molecule has 1 heterocycles. The summed E-state index contributed by atoms with van der Waals surface area (Å²) in [5.74, 6) is 2.29. The largest absolute Gasteiger partial charge is 0.497 e. The standard InChI is InChI=1S/C22H26N4O3S/c1-5-26-21(16(3)29-19-8-6-7-18(13-19)28-4)24-25-22(26)30-14-20(27)23-17-11-9-15(2)10-12-17/h6-13,16H,5,14H2,1-4H3,(H,23,27). The summed E-state index contributed by atoms with van der Waals surface area (Å²) in [5.41, 5.74) is 1.93. The number of amides is 1. The minimum Gasteiger partial charge on any atom is -0.497 e. The molecule has 8 heteroatoms. The van der Waals surface area contributed by atoms with Crippen LogP contribution in [-0.4, -0.2) is 33.5 Å². The van der Waals surface area contributed by atoms with Crippen LogP contribution in [0.15, 0.2) is 53.7 Å². The average molecular weight is 427 g/mol. The molecule has 3 aromatic rings. The molecular formula is C22H26N4O3S. The van der Waals surface area contributed by atoms with Gasteiger partial charge in [0.05, 0.1) is 12.9 Å². The van der Waals surface area contributed by atoms with Crippen molar-refractivity contribution in [2.75, 3.05) is 18.2 Å². The van der Waals surface area contributed by atoms with Gasteiger partial charge in [-0.15, -0.1) is 10.2 Å². The van der Waals surface area contributed by atoms with E-state index in [1.54, 1.807) is 7.11 Å². The van der Waals surface area contributed by atoms with E-state index in [1.165, 1.54) is 11.8 Å². The van der Waals surface area contributed by atoms with Gasteiger partial charge in [-0.05, 0) is 45.0 Å². The van der Waals surface area contributed by atoms with E-state index < -0.39 is 0 Å². The van der Waals surface area contributed by atoms with Gasteiger partial charge < -0.3 is 19.4 Å². The second-order valence-electron chi connectivity index (χ2n) is 6.73. The molecule has 1 N–H and O–H groups in total. The molecule has 0 aliphatic heterocycles. The monoisotopic (exact) mass is 426 g/mol. The summed E-state index contributed by atoms with van der Waals surface area (Å²) >= 11 is 1.35. The predicted octanol–water partition coefficient (Wildman–Crippen LogP) is 4.49. The van der Waals surface area contributed by atoms with Crippen LogP contribution < -0.4 is 14.8 Å². The van der Waals surface area contributed by atoms with Crippen molar-refractivity contribution in [2.45, 2.75) is 38.6 Å². The van der Waals surface area contributed by atoms with Crippen molar-refractivity contribution in [3.63, 3.8) is 0 Å². The first-order chi connectivity index (χ1) is 14.5. The van der Waals surface area contributed by atoms with Gasteiger partial charge in [0.1, 0.15) is 11.5 Å². The van der Waals surface area contributed by atoms with Crippen LogP contribution in [0, 0.1) is 6.92 Å². The van der Waals surface area contributed by atoms with Gasteiger partial charge in [-0.2, -0.15) is 0 Å². The fourth-order valence-corrected chi connectivity index (χ4v) is 3.71. The van der Waals surface area contributed by atoms with Crippen molar-refractivity contribution < 1.29 is 14.3 Å². The van der Waals surface area contributed by atoms with Gasteiger partial charge in [0.15, 0.2) is 17.1 Å². The van der Waals surface area contributed by atoms with E-state index in [4.69, 9.17) is 9.47 Å². The molecule has 0 saturated heterocycles. The van der Waals surface area contributed by atoms with Gasteiger partial charge in [0.2, 0.25) is 5.91 Å².